The molecule has 84 valence electrons. The Balaban J connectivity index is 2.49. The Morgan fingerprint density at radius 2 is 2.00 bits per heavy atom. The van der Waals surface area contributed by atoms with E-state index in [1.807, 2.05) is 6.92 Å². The van der Waals surface area contributed by atoms with E-state index in [0.717, 1.165) is 0 Å². The van der Waals surface area contributed by atoms with Gasteiger partial charge in [0.05, 0.1) is 6.61 Å². The first-order valence-corrected chi connectivity index (χ1v) is 4.77. The average molecular weight is 212 g/mol. The van der Waals surface area contributed by atoms with Crippen LogP contribution in [0.1, 0.15) is 6.92 Å². The van der Waals surface area contributed by atoms with Crippen LogP contribution in [0.5, 0.6) is 0 Å². The minimum Gasteiger partial charge on any atom is -0.380 e. The Hall–Kier alpha value is -1.63. The second kappa shape index (κ2) is 5.97. The fourth-order valence-electron chi connectivity index (χ4n) is 0.963. The molecule has 15 heavy (non-hydrogen) atoms. The molecular formula is C8H16N6O. The molecule has 0 saturated heterocycles. The van der Waals surface area contributed by atoms with E-state index in [2.05, 4.69) is 25.6 Å². The fourth-order valence-corrected chi connectivity index (χ4v) is 0.963. The third-order valence-corrected chi connectivity index (χ3v) is 1.61. The predicted octanol–water partition coefficient (Wildman–Crippen LogP) is -0.0561. The highest BCUT2D eigenvalue weighted by atomic mass is 16.5. The third kappa shape index (κ3) is 3.94. The van der Waals surface area contributed by atoms with Gasteiger partial charge in [-0.2, -0.15) is 15.0 Å². The minimum absolute atomic E-state index is 0.188. The van der Waals surface area contributed by atoms with Gasteiger partial charge < -0.3 is 21.1 Å². The summed E-state index contributed by atoms with van der Waals surface area (Å²) in [6.07, 6.45) is 0. The van der Waals surface area contributed by atoms with E-state index >= 15 is 0 Å². The number of hydrogen-bond donors (Lipinski definition) is 3. The third-order valence-electron chi connectivity index (χ3n) is 1.61. The molecular weight excluding hydrogens is 196 g/mol. The number of hydrogen-bond acceptors (Lipinski definition) is 7. The lowest BCUT2D eigenvalue weighted by Gasteiger charge is -2.06. The number of nitrogens with two attached hydrogens (primary N) is 1. The normalized spacial score (nSPS) is 10.0. The maximum atomic E-state index is 5.49. The van der Waals surface area contributed by atoms with Gasteiger partial charge in [-0.05, 0) is 6.92 Å². The number of nitrogens with zero attached hydrogens (tertiary/aromatic N) is 3. The number of ether oxygens (including phenoxy) is 1. The second-order valence-corrected chi connectivity index (χ2v) is 2.71. The molecule has 0 spiro atoms. The largest absolute Gasteiger partial charge is 0.380 e. The molecule has 0 saturated carbocycles. The molecule has 4 N–H and O–H groups in total. The van der Waals surface area contributed by atoms with E-state index in [1.165, 1.54) is 0 Å². The molecule has 1 rings (SSSR count). The summed E-state index contributed by atoms with van der Waals surface area (Å²) >= 11 is 0. The zero-order valence-corrected chi connectivity index (χ0v) is 8.95. The SMILES string of the molecule is CCOCCNc1nc(N)nc(NC)n1. The Morgan fingerprint density at radius 3 is 2.67 bits per heavy atom. The lowest BCUT2D eigenvalue weighted by molar-refractivity contribution is 0.158. The van der Waals surface area contributed by atoms with Crippen LogP contribution in [-0.2, 0) is 4.74 Å². The van der Waals surface area contributed by atoms with Crippen LogP contribution in [-0.4, -0.2) is 41.8 Å². The second-order valence-electron chi connectivity index (χ2n) is 2.71. The fraction of sp³-hybridized carbons (Fsp3) is 0.625. The van der Waals surface area contributed by atoms with E-state index in [1.54, 1.807) is 7.05 Å². The highest BCUT2D eigenvalue weighted by Crippen LogP contribution is 2.04. The first kappa shape index (κ1) is 11.4. The Morgan fingerprint density at radius 1 is 1.27 bits per heavy atom. The first-order chi connectivity index (χ1) is 7.26. The van der Waals surface area contributed by atoms with E-state index in [4.69, 9.17) is 10.5 Å². The molecule has 0 aliphatic carbocycles. The lowest BCUT2D eigenvalue weighted by Crippen LogP contribution is -2.13. The van der Waals surface area contributed by atoms with Gasteiger partial charge in [-0.15, -0.1) is 0 Å². The maximum Gasteiger partial charge on any atom is 0.229 e. The number of nitrogens with one attached hydrogen (secondary N) is 2. The highest BCUT2D eigenvalue weighted by molar-refractivity contribution is 5.39. The zero-order chi connectivity index (χ0) is 11.1. The van der Waals surface area contributed by atoms with Gasteiger partial charge >= 0.3 is 0 Å². The first-order valence-electron chi connectivity index (χ1n) is 4.77. The molecule has 1 aromatic heterocycles. The van der Waals surface area contributed by atoms with Crippen LogP contribution in [0, 0.1) is 0 Å². The molecule has 0 unspecified atom stereocenters. The quantitative estimate of drug-likeness (QED) is 0.568. The molecule has 0 aliphatic rings. The van der Waals surface area contributed by atoms with Crippen LogP contribution in [0.25, 0.3) is 0 Å². The van der Waals surface area contributed by atoms with Crippen molar-refractivity contribution in [3.8, 4) is 0 Å². The van der Waals surface area contributed by atoms with Crippen LogP contribution < -0.4 is 16.4 Å². The molecule has 0 bridgehead atoms. The summed E-state index contributed by atoms with van der Waals surface area (Å²) in [5, 5.41) is 5.78. The van der Waals surface area contributed by atoms with Crippen LogP contribution in [0.3, 0.4) is 0 Å². The summed E-state index contributed by atoms with van der Waals surface area (Å²) in [5.41, 5.74) is 5.49. The van der Waals surface area contributed by atoms with Gasteiger partial charge in [-0.3, -0.25) is 0 Å². The van der Waals surface area contributed by atoms with Crippen molar-refractivity contribution >= 4 is 17.8 Å². The van der Waals surface area contributed by atoms with Crippen molar-refractivity contribution in [2.75, 3.05) is 43.2 Å². The van der Waals surface area contributed by atoms with E-state index in [9.17, 15) is 0 Å². The monoisotopic (exact) mass is 212 g/mol. The molecule has 0 radical (unpaired) electrons. The molecule has 7 heteroatoms. The van der Waals surface area contributed by atoms with Gasteiger partial charge in [-0.1, -0.05) is 0 Å². The molecule has 0 fully saturated rings. The van der Waals surface area contributed by atoms with Crippen LogP contribution >= 0.6 is 0 Å². The minimum atomic E-state index is 0.188. The van der Waals surface area contributed by atoms with Gasteiger partial charge in [0.1, 0.15) is 0 Å². The number of anilines is 3. The molecule has 1 aromatic rings. The summed E-state index contributed by atoms with van der Waals surface area (Å²) in [7, 11) is 1.72. The van der Waals surface area contributed by atoms with Crippen LogP contribution in [0.2, 0.25) is 0 Å². The predicted molar refractivity (Wildman–Crippen MR) is 58.8 cm³/mol. The molecule has 1 heterocycles. The molecule has 0 aliphatic heterocycles. The molecule has 0 aromatic carbocycles. The average Bonchev–Trinajstić information content (AvgIpc) is 2.23. The van der Waals surface area contributed by atoms with Crippen molar-refractivity contribution < 1.29 is 4.74 Å². The Bertz CT molecular complexity index is 305. The number of aromatic nitrogens is 3. The van der Waals surface area contributed by atoms with Gasteiger partial charge in [0.2, 0.25) is 17.8 Å². The van der Waals surface area contributed by atoms with Crippen molar-refractivity contribution in [1.82, 2.24) is 15.0 Å². The smallest absolute Gasteiger partial charge is 0.229 e. The van der Waals surface area contributed by atoms with E-state index in [0.29, 0.717) is 31.7 Å². The van der Waals surface area contributed by atoms with Gasteiger partial charge in [0, 0.05) is 20.2 Å². The topological polar surface area (TPSA) is 98.0 Å². The van der Waals surface area contributed by atoms with Gasteiger partial charge in [0.25, 0.3) is 0 Å². The van der Waals surface area contributed by atoms with E-state index < -0.39 is 0 Å². The van der Waals surface area contributed by atoms with Crippen molar-refractivity contribution in [2.24, 2.45) is 0 Å². The van der Waals surface area contributed by atoms with Crippen LogP contribution in [0.15, 0.2) is 0 Å². The number of nitrogen functional groups attached to an aromatic ring is 1. The van der Waals surface area contributed by atoms with E-state index in [-0.39, 0.29) is 5.95 Å². The maximum absolute atomic E-state index is 5.49. The Labute approximate surface area is 88.5 Å². The van der Waals surface area contributed by atoms with Gasteiger partial charge in [0.15, 0.2) is 0 Å². The van der Waals surface area contributed by atoms with Crippen LogP contribution in [0.4, 0.5) is 17.8 Å². The van der Waals surface area contributed by atoms with Crippen molar-refractivity contribution in [3.05, 3.63) is 0 Å². The summed E-state index contributed by atoms with van der Waals surface area (Å²) in [6, 6.07) is 0. The summed E-state index contributed by atoms with van der Waals surface area (Å²) < 4.78 is 5.16. The van der Waals surface area contributed by atoms with Gasteiger partial charge in [-0.25, -0.2) is 0 Å². The molecule has 0 amide bonds. The Kier molecular flexibility index (Phi) is 4.55. The van der Waals surface area contributed by atoms with Crippen molar-refractivity contribution in [1.29, 1.82) is 0 Å². The highest BCUT2D eigenvalue weighted by Gasteiger charge is 2.01. The standard InChI is InChI=1S/C8H16N6O/c1-3-15-5-4-11-8-13-6(9)12-7(10-2)14-8/h3-5H2,1-2H3,(H4,9,10,11,12,13,14). The zero-order valence-electron chi connectivity index (χ0n) is 8.95. The summed E-state index contributed by atoms with van der Waals surface area (Å²) in [6.45, 7) is 3.89. The van der Waals surface area contributed by atoms with Crippen molar-refractivity contribution in [2.45, 2.75) is 6.92 Å². The summed E-state index contributed by atoms with van der Waals surface area (Å²) in [4.78, 5) is 11.9. The molecule has 7 nitrogen and oxygen atoms in total. The molecule has 0 atom stereocenters. The summed E-state index contributed by atoms with van der Waals surface area (Å²) in [5.74, 6) is 1.08. The lowest BCUT2D eigenvalue weighted by atomic mass is 10.6. The van der Waals surface area contributed by atoms with Crippen molar-refractivity contribution in [3.63, 3.8) is 0 Å². The number of rotatable bonds is 6.